The van der Waals surface area contributed by atoms with Crippen LogP contribution in [0.15, 0.2) is 47.7 Å². The predicted octanol–water partition coefficient (Wildman–Crippen LogP) is 3.72. The van der Waals surface area contributed by atoms with E-state index in [-0.39, 0.29) is 35.3 Å². The molecule has 38 heavy (non-hydrogen) atoms. The Morgan fingerprint density at radius 3 is 2.66 bits per heavy atom. The summed E-state index contributed by atoms with van der Waals surface area (Å²) in [7, 11) is 0. The van der Waals surface area contributed by atoms with Gasteiger partial charge in [-0.25, -0.2) is 0 Å². The smallest absolute Gasteiger partial charge is 0.254 e. The van der Waals surface area contributed by atoms with E-state index >= 15 is 0 Å². The maximum absolute atomic E-state index is 13.2. The summed E-state index contributed by atoms with van der Waals surface area (Å²) in [6.45, 7) is 5.04. The second kappa shape index (κ2) is 8.75. The Morgan fingerprint density at radius 1 is 1.24 bits per heavy atom. The van der Waals surface area contributed by atoms with Gasteiger partial charge in [0.25, 0.3) is 5.91 Å². The summed E-state index contributed by atoms with van der Waals surface area (Å²) >= 11 is 0. The highest BCUT2D eigenvalue weighted by Crippen LogP contribution is 2.63. The van der Waals surface area contributed by atoms with Crippen LogP contribution in [0.3, 0.4) is 0 Å². The number of amides is 1. The zero-order valence-electron chi connectivity index (χ0n) is 21.7. The lowest BCUT2D eigenvalue weighted by Gasteiger charge is -2.59. The predicted molar refractivity (Wildman–Crippen MR) is 141 cm³/mol. The maximum atomic E-state index is 13.2. The standard InChI is InChI=1S/C30H33N3O5/c1-17(28(36)32-21-8-5-18(6-9-21)11-13-31)25(35)27-30-12-14-33(16-19-3-4-19)23(29(30,2)37)15-20-7-10-22(34)26(38-27)24(20)30/h5-10,19,23,27,34-35,37H,3-4,11-12,14-16H2,1-2H3,(H,32,36)/b25-17-/t23-,27+,29-,30+/m1/s1. The SMILES string of the molecule is C/C(C(=O)Nc1ccc(CC#N)cc1)=C(/O)[C@@H]1Oc2c(O)ccc3c2[C@@]12CCN(CC1CC1)[C@H](C3)[C@@]2(C)O. The third kappa shape index (κ3) is 3.60. The van der Waals surface area contributed by atoms with Crippen molar-refractivity contribution in [3.63, 3.8) is 0 Å². The van der Waals surface area contributed by atoms with Crippen molar-refractivity contribution in [1.82, 2.24) is 4.90 Å². The van der Waals surface area contributed by atoms with Gasteiger partial charge in [0, 0.05) is 23.8 Å². The summed E-state index contributed by atoms with van der Waals surface area (Å²) < 4.78 is 6.28. The summed E-state index contributed by atoms with van der Waals surface area (Å²) in [6, 6.07) is 12.4. The number of benzene rings is 2. The Labute approximate surface area is 222 Å². The highest BCUT2D eigenvalue weighted by Gasteiger charge is 2.69. The largest absolute Gasteiger partial charge is 0.508 e. The number of phenols is 1. The molecule has 0 radical (unpaired) electrons. The quantitative estimate of drug-likeness (QED) is 0.341. The lowest BCUT2D eigenvalue weighted by Crippen LogP contribution is -2.73. The van der Waals surface area contributed by atoms with Crippen LogP contribution in [-0.4, -0.2) is 57.0 Å². The van der Waals surface area contributed by atoms with Crippen molar-refractivity contribution in [1.29, 1.82) is 5.26 Å². The summed E-state index contributed by atoms with van der Waals surface area (Å²) in [4.78, 5) is 15.6. The second-order valence-corrected chi connectivity index (χ2v) is 11.5. The van der Waals surface area contributed by atoms with Crippen LogP contribution in [0, 0.1) is 17.2 Å². The fourth-order valence-electron chi connectivity index (χ4n) is 6.91. The van der Waals surface area contributed by atoms with Gasteiger partial charge < -0.3 is 25.4 Å². The van der Waals surface area contributed by atoms with Crippen LogP contribution in [0.2, 0.25) is 0 Å². The van der Waals surface area contributed by atoms with Crippen molar-refractivity contribution >= 4 is 11.6 Å². The molecule has 8 nitrogen and oxygen atoms in total. The first-order valence-electron chi connectivity index (χ1n) is 13.3. The number of carbonyl (C=O) groups is 1. The van der Waals surface area contributed by atoms with Gasteiger partial charge in [-0.3, -0.25) is 9.69 Å². The number of rotatable bonds is 6. The summed E-state index contributed by atoms with van der Waals surface area (Å²) in [5.74, 6) is 0.179. The zero-order chi connectivity index (χ0) is 26.8. The van der Waals surface area contributed by atoms with Gasteiger partial charge in [-0.1, -0.05) is 18.2 Å². The van der Waals surface area contributed by atoms with E-state index in [1.54, 1.807) is 30.3 Å². The molecule has 198 valence electrons. The van der Waals surface area contributed by atoms with Gasteiger partial charge in [-0.2, -0.15) is 5.26 Å². The van der Waals surface area contributed by atoms with Crippen molar-refractivity contribution in [2.45, 2.75) is 69.1 Å². The Morgan fingerprint density at radius 2 is 1.97 bits per heavy atom. The van der Waals surface area contributed by atoms with Crippen molar-refractivity contribution < 1.29 is 24.9 Å². The van der Waals surface area contributed by atoms with E-state index in [4.69, 9.17) is 10.00 Å². The van der Waals surface area contributed by atoms with Crippen molar-refractivity contribution in [3.05, 3.63) is 64.4 Å². The van der Waals surface area contributed by atoms with E-state index < -0.39 is 23.0 Å². The number of hydrogen-bond donors (Lipinski definition) is 4. The Kier molecular flexibility index (Phi) is 5.71. The first-order valence-corrected chi connectivity index (χ1v) is 13.3. The van der Waals surface area contributed by atoms with Crippen LogP contribution >= 0.6 is 0 Å². The van der Waals surface area contributed by atoms with E-state index in [9.17, 15) is 20.1 Å². The average Bonchev–Trinajstić information content (AvgIpc) is 3.63. The van der Waals surface area contributed by atoms with Crippen LogP contribution < -0.4 is 10.1 Å². The first kappa shape index (κ1) is 24.8. The lowest BCUT2D eigenvalue weighted by atomic mass is 9.53. The average molecular weight is 516 g/mol. The molecule has 4 atom stereocenters. The molecule has 1 amide bonds. The molecule has 2 fully saturated rings. The monoisotopic (exact) mass is 515 g/mol. The Bertz CT molecular complexity index is 1370. The molecule has 0 aromatic heterocycles. The fraction of sp³-hybridized carbons (Fsp3) is 0.467. The lowest BCUT2D eigenvalue weighted by molar-refractivity contribution is -0.153. The first-order chi connectivity index (χ1) is 18.2. The number of aliphatic hydroxyl groups excluding tert-OH is 1. The van der Waals surface area contributed by atoms with E-state index in [2.05, 4.69) is 16.3 Å². The van der Waals surface area contributed by atoms with Gasteiger partial charge in [0.15, 0.2) is 17.6 Å². The minimum Gasteiger partial charge on any atom is -0.508 e. The number of aromatic hydroxyl groups is 1. The van der Waals surface area contributed by atoms with Crippen molar-refractivity contribution in [2.24, 2.45) is 5.92 Å². The molecule has 2 aliphatic heterocycles. The molecular formula is C30H33N3O5. The molecule has 6 rings (SSSR count). The fourth-order valence-corrected chi connectivity index (χ4v) is 6.91. The van der Waals surface area contributed by atoms with Gasteiger partial charge in [-0.05, 0) is 81.3 Å². The van der Waals surface area contributed by atoms with Crippen LogP contribution in [0.1, 0.15) is 49.8 Å². The Hall–Kier alpha value is -3.54. The highest BCUT2D eigenvalue weighted by atomic mass is 16.5. The van der Waals surface area contributed by atoms with E-state index in [0.717, 1.165) is 29.8 Å². The third-order valence-electron chi connectivity index (χ3n) is 9.21. The van der Waals surface area contributed by atoms with Crippen molar-refractivity contribution in [3.8, 4) is 17.6 Å². The highest BCUT2D eigenvalue weighted by molar-refractivity contribution is 6.03. The second-order valence-electron chi connectivity index (χ2n) is 11.5. The number of carbonyl (C=O) groups excluding carboxylic acids is 1. The van der Waals surface area contributed by atoms with Gasteiger partial charge in [0.2, 0.25) is 0 Å². The zero-order valence-corrected chi connectivity index (χ0v) is 21.7. The van der Waals surface area contributed by atoms with Crippen LogP contribution in [0.5, 0.6) is 11.5 Å². The molecule has 2 bridgehead atoms. The minimum atomic E-state index is -1.27. The maximum Gasteiger partial charge on any atom is 0.254 e. The number of phenolic OH excluding ortho intramolecular Hbond substituents is 1. The van der Waals surface area contributed by atoms with E-state index in [1.165, 1.54) is 19.8 Å². The number of ether oxygens (including phenoxy) is 1. The molecule has 4 aliphatic rings. The molecule has 0 unspecified atom stereocenters. The number of aliphatic hydroxyl groups is 2. The minimum absolute atomic E-state index is 0.0346. The molecule has 2 heterocycles. The molecular weight excluding hydrogens is 482 g/mol. The summed E-state index contributed by atoms with van der Waals surface area (Å²) in [6.07, 6.45) is 2.85. The molecule has 1 saturated heterocycles. The molecule has 2 aliphatic carbocycles. The number of fused-ring (bicyclic) bond motifs is 1. The van der Waals surface area contributed by atoms with E-state index in [0.29, 0.717) is 24.4 Å². The molecule has 8 heteroatoms. The molecule has 1 spiro atoms. The topological polar surface area (TPSA) is 126 Å². The third-order valence-corrected chi connectivity index (χ3v) is 9.21. The van der Waals surface area contributed by atoms with Crippen LogP contribution in [0.25, 0.3) is 0 Å². The molecule has 2 aromatic carbocycles. The Balaban J connectivity index is 1.37. The molecule has 2 aromatic rings. The number of piperidine rings is 1. The van der Waals surface area contributed by atoms with Crippen LogP contribution in [-0.2, 0) is 23.1 Å². The van der Waals surface area contributed by atoms with Crippen molar-refractivity contribution in [2.75, 3.05) is 18.4 Å². The molecule has 1 saturated carbocycles. The number of anilines is 1. The molecule has 4 N–H and O–H groups in total. The van der Waals surface area contributed by atoms with Gasteiger partial charge in [0.05, 0.1) is 29.1 Å². The van der Waals surface area contributed by atoms with Gasteiger partial charge in [-0.15, -0.1) is 0 Å². The number of nitrogens with zero attached hydrogens (tertiary/aromatic N) is 2. The number of likely N-dealkylation sites (tertiary alicyclic amines) is 1. The van der Waals surface area contributed by atoms with E-state index in [1.807, 2.05) is 13.0 Å². The number of nitrogens with one attached hydrogen (secondary N) is 1. The van der Waals surface area contributed by atoms with Gasteiger partial charge >= 0.3 is 0 Å². The number of nitriles is 1. The van der Waals surface area contributed by atoms with Crippen LogP contribution in [0.4, 0.5) is 5.69 Å². The normalized spacial score (nSPS) is 30.1. The van der Waals surface area contributed by atoms with Gasteiger partial charge in [0.1, 0.15) is 5.76 Å². The summed E-state index contributed by atoms with van der Waals surface area (Å²) in [5, 5.41) is 46.2. The summed E-state index contributed by atoms with van der Waals surface area (Å²) in [5.41, 5.74) is 0.942. The number of hydrogen-bond acceptors (Lipinski definition) is 7.